The van der Waals surface area contributed by atoms with E-state index >= 15 is 0 Å². The number of H-pyrrole nitrogens is 1. The number of piperidine rings is 1. The molecule has 0 atom stereocenters. The van der Waals surface area contributed by atoms with E-state index in [1.807, 2.05) is 17.0 Å². The summed E-state index contributed by atoms with van der Waals surface area (Å²) in [6, 6.07) is 14.0. The maximum Gasteiger partial charge on any atom is 0.253 e. The standard InChI is InChI=1S/C23H24N2O3/c1-15-19(18-4-2-3-5-20(18)24-15)12-16-8-10-25(11-9-16)23(26)17-6-7-21-22(13-17)28-14-27-21/h2-7,13,16,24H,8-12,14H2,1H3. The number of carbonyl (C=O) groups is 1. The Morgan fingerprint density at radius 3 is 2.75 bits per heavy atom. The Kier molecular flexibility index (Phi) is 4.23. The van der Waals surface area contributed by atoms with Crippen LogP contribution in [0.5, 0.6) is 11.5 Å². The van der Waals surface area contributed by atoms with Gasteiger partial charge in [0.05, 0.1) is 0 Å². The summed E-state index contributed by atoms with van der Waals surface area (Å²) in [4.78, 5) is 18.3. The van der Waals surface area contributed by atoms with Crippen molar-refractivity contribution < 1.29 is 14.3 Å². The monoisotopic (exact) mass is 376 g/mol. The quantitative estimate of drug-likeness (QED) is 0.741. The molecule has 5 nitrogen and oxygen atoms in total. The Bertz CT molecular complexity index is 1030. The number of likely N-dealkylation sites (tertiary alicyclic amines) is 1. The lowest BCUT2D eigenvalue weighted by Crippen LogP contribution is -2.38. The Morgan fingerprint density at radius 2 is 1.89 bits per heavy atom. The van der Waals surface area contributed by atoms with Crippen LogP contribution in [0.15, 0.2) is 42.5 Å². The van der Waals surface area contributed by atoms with Crippen LogP contribution in [0.25, 0.3) is 10.9 Å². The van der Waals surface area contributed by atoms with Gasteiger partial charge in [0.15, 0.2) is 11.5 Å². The maximum atomic E-state index is 12.9. The minimum Gasteiger partial charge on any atom is -0.454 e. The molecule has 0 radical (unpaired) electrons. The highest BCUT2D eigenvalue weighted by atomic mass is 16.7. The van der Waals surface area contributed by atoms with E-state index < -0.39 is 0 Å². The van der Waals surface area contributed by atoms with Gasteiger partial charge in [-0.25, -0.2) is 0 Å². The number of nitrogens with zero attached hydrogens (tertiary/aromatic N) is 1. The van der Waals surface area contributed by atoms with Gasteiger partial charge in [0.25, 0.3) is 5.91 Å². The van der Waals surface area contributed by atoms with E-state index in [-0.39, 0.29) is 12.7 Å². The van der Waals surface area contributed by atoms with Crippen molar-refractivity contribution in [3.8, 4) is 11.5 Å². The fraction of sp³-hybridized carbons (Fsp3) is 0.348. The van der Waals surface area contributed by atoms with Gasteiger partial charge < -0.3 is 19.4 Å². The number of hydrogen-bond donors (Lipinski definition) is 1. The minimum atomic E-state index is 0.0834. The van der Waals surface area contributed by atoms with Gasteiger partial charge in [0.2, 0.25) is 6.79 Å². The van der Waals surface area contributed by atoms with Crippen LogP contribution in [-0.2, 0) is 6.42 Å². The van der Waals surface area contributed by atoms with Crippen molar-refractivity contribution in [1.29, 1.82) is 0 Å². The van der Waals surface area contributed by atoms with Gasteiger partial charge >= 0.3 is 0 Å². The number of fused-ring (bicyclic) bond motifs is 2. The number of benzene rings is 2. The highest BCUT2D eigenvalue weighted by molar-refractivity contribution is 5.95. The molecule has 1 fully saturated rings. The molecule has 1 N–H and O–H groups in total. The van der Waals surface area contributed by atoms with Crippen molar-refractivity contribution in [3.63, 3.8) is 0 Å². The van der Waals surface area contributed by atoms with Crippen LogP contribution in [-0.4, -0.2) is 35.7 Å². The largest absolute Gasteiger partial charge is 0.454 e. The molecule has 1 aromatic heterocycles. The van der Waals surface area contributed by atoms with Crippen molar-refractivity contribution in [2.24, 2.45) is 5.92 Å². The summed E-state index contributed by atoms with van der Waals surface area (Å²) in [7, 11) is 0. The molecule has 5 rings (SSSR count). The highest BCUT2D eigenvalue weighted by Gasteiger charge is 2.26. The molecule has 0 bridgehead atoms. The van der Waals surface area contributed by atoms with Crippen LogP contribution in [0.2, 0.25) is 0 Å². The zero-order valence-corrected chi connectivity index (χ0v) is 16.0. The highest BCUT2D eigenvalue weighted by Crippen LogP contribution is 2.33. The fourth-order valence-corrected chi connectivity index (χ4v) is 4.44. The summed E-state index contributed by atoms with van der Waals surface area (Å²) < 4.78 is 10.7. The van der Waals surface area contributed by atoms with Gasteiger partial charge in [-0.15, -0.1) is 0 Å². The van der Waals surface area contributed by atoms with Crippen molar-refractivity contribution in [2.75, 3.05) is 19.9 Å². The number of hydrogen-bond acceptors (Lipinski definition) is 3. The normalized spacial score (nSPS) is 16.7. The second kappa shape index (κ2) is 6.89. The zero-order chi connectivity index (χ0) is 19.1. The van der Waals surface area contributed by atoms with Crippen molar-refractivity contribution >= 4 is 16.8 Å². The average molecular weight is 376 g/mol. The molecule has 0 aliphatic carbocycles. The van der Waals surface area contributed by atoms with E-state index in [9.17, 15) is 4.79 Å². The molecular weight excluding hydrogens is 352 g/mol. The van der Waals surface area contributed by atoms with Crippen LogP contribution in [0.3, 0.4) is 0 Å². The smallest absolute Gasteiger partial charge is 0.253 e. The Morgan fingerprint density at radius 1 is 1.11 bits per heavy atom. The summed E-state index contributed by atoms with van der Waals surface area (Å²) in [5.74, 6) is 2.07. The molecule has 3 heterocycles. The lowest BCUT2D eigenvalue weighted by Gasteiger charge is -2.32. The van der Waals surface area contributed by atoms with Crippen LogP contribution < -0.4 is 9.47 Å². The second-order valence-corrected chi connectivity index (χ2v) is 7.78. The van der Waals surface area contributed by atoms with E-state index in [2.05, 4.69) is 36.2 Å². The van der Waals surface area contributed by atoms with E-state index in [4.69, 9.17) is 9.47 Å². The molecule has 2 aliphatic rings. The predicted octanol–water partition coefficient (Wildman–Crippen LogP) is 4.30. The molecule has 0 saturated carbocycles. The molecule has 144 valence electrons. The van der Waals surface area contributed by atoms with Gasteiger partial charge in [-0.1, -0.05) is 18.2 Å². The van der Waals surface area contributed by atoms with E-state index in [1.165, 1.54) is 22.2 Å². The summed E-state index contributed by atoms with van der Waals surface area (Å²) in [5, 5.41) is 1.33. The number of rotatable bonds is 3. The minimum absolute atomic E-state index is 0.0834. The molecule has 0 spiro atoms. The molecule has 28 heavy (non-hydrogen) atoms. The van der Waals surface area contributed by atoms with Crippen LogP contribution >= 0.6 is 0 Å². The second-order valence-electron chi connectivity index (χ2n) is 7.78. The zero-order valence-electron chi connectivity index (χ0n) is 16.0. The summed E-state index contributed by atoms with van der Waals surface area (Å²) in [6.45, 7) is 4.00. The average Bonchev–Trinajstić information content (AvgIpc) is 3.32. The first-order chi connectivity index (χ1) is 13.7. The summed E-state index contributed by atoms with van der Waals surface area (Å²) >= 11 is 0. The number of para-hydroxylation sites is 1. The van der Waals surface area contributed by atoms with E-state index in [1.54, 1.807) is 6.07 Å². The van der Waals surface area contributed by atoms with Gasteiger partial charge in [0, 0.05) is 35.2 Å². The van der Waals surface area contributed by atoms with Crippen LogP contribution in [0, 0.1) is 12.8 Å². The fourth-order valence-electron chi connectivity index (χ4n) is 4.44. The Hall–Kier alpha value is -2.95. The summed E-state index contributed by atoms with van der Waals surface area (Å²) in [6.07, 6.45) is 3.15. The third-order valence-electron chi connectivity index (χ3n) is 6.04. The SMILES string of the molecule is Cc1[nH]c2ccccc2c1CC1CCN(C(=O)c2ccc3c(c2)OCO3)CC1. The number of aromatic amines is 1. The maximum absolute atomic E-state index is 12.9. The molecule has 1 saturated heterocycles. The number of carbonyl (C=O) groups excluding carboxylic acids is 1. The van der Waals surface area contributed by atoms with Gasteiger partial charge in [-0.3, -0.25) is 4.79 Å². The lowest BCUT2D eigenvalue weighted by atomic mass is 9.89. The molecular formula is C23H24N2O3. The lowest BCUT2D eigenvalue weighted by molar-refractivity contribution is 0.0690. The predicted molar refractivity (Wildman–Crippen MR) is 108 cm³/mol. The third kappa shape index (κ3) is 3.01. The Balaban J connectivity index is 1.25. The van der Waals surface area contributed by atoms with Crippen molar-refractivity contribution in [3.05, 3.63) is 59.3 Å². The first-order valence-corrected chi connectivity index (χ1v) is 9.94. The number of aryl methyl sites for hydroxylation is 1. The Labute approximate surface area is 164 Å². The molecule has 2 aliphatic heterocycles. The summed E-state index contributed by atoms with van der Waals surface area (Å²) in [5.41, 5.74) is 4.58. The van der Waals surface area contributed by atoms with Gasteiger partial charge in [-0.05, 0) is 61.9 Å². The topological polar surface area (TPSA) is 54.6 Å². The third-order valence-corrected chi connectivity index (χ3v) is 6.04. The van der Waals surface area contributed by atoms with E-state index in [0.29, 0.717) is 23.0 Å². The van der Waals surface area contributed by atoms with Gasteiger partial charge in [-0.2, -0.15) is 0 Å². The number of amides is 1. The molecule has 0 unspecified atom stereocenters. The molecule has 3 aromatic rings. The molecule has 1 amide bonds. The van der Waals surface area contributed by atoms with Crippen LogP contribution in [0.1, 0.15) is 34.5 Å². The molecule has 5 heteroatoms. The number of aromatic nitrogens is 1. The number of ether oxygens (including phenoxy) is 2. The number of nitrogens with one attached hydrogen (secondary N) is 1. The van der Waals surface area contributed by atoms with Gasteiger partial charge in [0.1, 0.15) is 0 Å². The van der Waals surface area contributed by atoms with Crippen LogP contribution in [0.4, 0.5) is 0 Å². The van der Waals surface area contributed by atoms with Crippen molar-refractivity contribution in [1.82, 2.24) is 9.88 Å². The molecule has 2 aromatic carbocycles. The first-order valence-electron chi connectivity index (χ1n) is 9.94. The first kappa shape index (κ1) is 17.2. The van der Waals surface area contributed by atoms with E-state index in [0.717, 1.165) is 32.4 Å². The van der Waals surface area contributed by atoms with Crippen molar-refractivity contribution in [2.45, 2.75) is 26.2 Å².